The van der Waals surface area contributed by atoms with Gasteiger partial charge in [-0.25, -0.2) is 4.79 Å². The van der Waals surface area contributed by atoms with Crippen LogP contribution in [0.2, 0.25) is 0 Å². The Kier molecular flexibility index (Phi) is 5.20. The first-order valence-corrected chi connectivity index (χ1v) is 8.51. The van der Waals surface area contributed by atoms with Crippen LogP contribution in [0.5, 0.6) is 0 Å². The first kappa shape index (κ1) is 19.0. The van der Waals surface area contributed by atoms with Gasteiger partial charge in [0, 0.05) is 12.1 Å². The zero-order valence-corrected chi connectivity index (χ0v) is 15.4. The van der Waals surface area contributed by atoms with Gasteiger partial charge < -0.3 is 5.11 Å². The number of nitrogens with zero attached hydrogens (tertiary/aromatic N) is 2. The SMILES string of the molecule is CC(C)C[C@@H](CN1C(=O)c2ccccc2C1=O)N(C(=O)O)C(C)(C)C. The van der Waals surface area contributed by atoms with Crippen LogP contribution in [0, 0.1) is 5.92 Å². The zero-order valence-electron chi connectivity index (χ0n) is 15.4. The van der Waals surface area contributed by atoms with E-state index in [2.05, 4.69) is 0 Å². The fourth-order valence-corrected chi connectivity index (χ4v) is 3.41. The molecule has 0 bridgehead atoms. The van der Waals surface area contributed by atoms with Crippen LogP contribution in [0.25, 0.3) is 0 Å². The van der Waals surface area contributed by atoms with Crippen molar-refractivity contribution in [3.8, 4) is 0 Å². The number of amides is 3. The largest absolute Gasteiger partial charge is 0.465 e. The van der Waals surface area contributed by atoms with Crippen molar-refractivity contribution in [2.24, 2.45) is 5.92 Å². The molecule has 6 heteroatoms. The Morgan fingerprint density at radius 1 is 1.12 bits per heavy atom. The fourth-order valence-electron chi connectivity index (χ4n) is 3.41. The molecule has 0 saturated carbocycles. The summed E-state index contributed by atoms with van der Waals surface area (Å²) in [7, 11) is 0. The van der Waals surface area contributed by atoms with E-state index >= 15 is 0 Å². The number of imide groups is 1. The highest BCUT2D eigenvalue weighted by Gasteiger charge is 2.40. The number of fused-ring (bicyclic) bond motifs is 1. The third kappa shape index (κ3) is 3.83. The van der Waals surface area contributed by atoms with Crippen LogP contribution < -0.4 is 0 Å². The molecule has 1 aliphatic rings. The molecule has 1 aromatic rings. The molecule has 0 spiro atoms. The molecule has 1 atom stereocenters. The van der Waals surface area contributed by atoms with Crippen LogP contribution in [0.3, 0.4) is 0 Å². The first-order chi connectivity index (χ1) is 11.5. The number of rotatable bonds is 5. The normalized spacial score (nSPS) is 15.5. The van der Waals surface area contributed by atoms with Crippen LogP contribution in [-0.4, -0.2) is 50.9 Å². The van der Waals surface area contributed by atoms with Gasteiger partial charge in [0.2, 0.25) is 0 Å². The molecular formula is C19H26N2O4. The Labute approximate surface area is 148 Å². The summed E-state index contributed by atoms with van der Waals surface area (Å²) in [5.41, 5.74) is 0.131. The Morgan fingerprint density at radius 2 is 1.60 bits per heavy atom. The van der Waals surface area contributed by atoms with Gasteiger partial charge in [-0.3, -0.25) is 19.4 Å². The first-order valence-electron chi connectivity index (χ1n) is 8.51. The predicted molar refractivity (Wildman–Crippen MR) is 94.7 cm³/mol. The molecule has 0 aromatic heterocycles. The molecule has 1 heterocycles. The number of benzene rings is 1. The number of carbonyl (C=O) groups is 3. The summed E-state index contributed by atoms with van der Waals surface area (Å²) in [6, 6.07) is 6.24. The van der Waals surface area contributed by atoms with E-state index in [-0.39, 0.29) is 24.3 Å². The maximum atomic E-state index is 12.6. The summed E-state index contributed by atoms with van der Waals surface area (Å²) in [5.74, 6) is -0.480. The lowest BCUT2D eigenvalue weighted by Gasteiger charge is -2.41. The topological polar surface area (TPSA) is 77.9 Å². The van der Waals surface area contributed by atoms with Crippen molar-refractivity contribution >= 4 is 17.9 Å². The van der Waals surface area contributed by atoms with Gasteiger partial charge in [0.1, 0.15) is 0 Å². The molecule has 0 fully saturated rings. The highest BCUT2D eigenvalue weighted by molar-refractivity contribution is 6.21. The second kappa shape index (κ2) is 6.86. The summed E-state index contributed by atoms with van der Waals surface area (Å²) in [6.45, 7) is 9.51. The van der Waals surface area contributed by atoms with Crippen LogP contribution in [0.1, 0.15) is 61.8 Å². The molecule has 0 radical (unpaired) electrons. The van der Waals surface area contributed by atoms with E-state index < -0.39 is 17.7 Å². The Hall–Kier alpha value is -2.37. The molecule has 3 amide bonds. The molecular weight excluding hydrogens is 320 g/mol. The number of carboxylic acid groups (broad SMARTS) is 1. The smallest absolute Gasteiger partial charge is 0.408 e. The van der Waals surface area contributed by atoms with Crippen molar-refractivity contribution in [3.63, 3.8) is 0 Å². The second-order valence-electron chi connectivity index (χ2n) is 7.87. The maximum Gasteiger partial charge on any atom is 0.408 e. The number of carbonyl (C=O) groups excluding carboxylic acids is 2. The van der Waals surface area contributed by atoms with E-state index in [9.17, 15) is 19.5 Å². The lowest BCUT2D eigenvalue weighted by molar-refractivity contribution is 0.0386. The fraction of sp³-hybridized carbons (Fsp3) is 0.526. The second-order valence-corrected chi connectivity index (χ2v) is 7.87. The Bertz CT molecular complexity index is 656. The summed E-state index contributed by atoms with van der Waals surface area (Å²) >= 11 is 0. The van der Waals surface area contributed by atoms with E-state index in [1.165, 1.54) is 9.80 Å². The van der Waals surface area contributed by atoms with Crippen LogP contribution in [-0.2, 0) is 0 Å². The zero-order chi connectivity index (χ0) is 18.9. The van der Waals surface area contributed by atoms with Gasteiger partial charge in [0.25, 0.3) is 11.8 Å². The Morgan fingerprint density at radius 3 is 1.96 bits per heavy atom. The van der Waals surface area contributed by atoms with Gasteiger partial charge in [-0.05, 0) is 45.2 Å². The van der Waals surface area contributed by atoms with Gasteiger partial charge in [0.05, 0.1) is 17.2 Å². The monoisotopic (exact) mass is 346 g/mol. The summed E-state index contributed by atoms with van der Waals surface area (Å²) in [6.07, 6.45) is -0.480. The van der Waals surface area contributed by atoms with Crippen molar-refractivity contribution in [1.29, 1.82) is 0 Å². The van der Waals surface area contributed by atoms with Crippen molar-refractivity contribution in [3.05, 3.63) is 35.4 Å². The van der Waals surface area contributed by atoms with E-state index in [1.54, 1.807) is 24.3 Å². The molecule has 6 nitrogen and oxygen atoms in total. The lowest BCUT2D eigenvalue weighted by Crippen LogP contribution is -2.55. The molecule has 1 aromatic carbocycles. The maximum absolute atomic E-state index is 12.6. The minimum atomic E-state index is -1.05. The van der Waals surface area contributed by atoms with Gasteiger partial charge >= 0.3 is 6.09 Å². The molecule has 25 heavy (non-hydrogen) atoms. The van der Waals surface area contributed by atoms with Gasteiger partial charge in [-0.15, -0.1) is 0 Å². The van der Waals surface area contributed by atoms with Gasteiger partial charge in [-0.1, -0.05) is 26.0 Å². The highest BCUT2D eigenvalue weighted by Crippen LogP contribution is 2.27. The minimum Gasteiger partial charge on any atom is -0.465 e. The average molecular weight is 346 g/mol. The van der Waals surface area contributed by atoms with Crippen molar-refractivity contribution in [2.45, 2.75) is 52.6 Å². The van der Waals surface area contributed by atoms with Crippen LogP contribution >= 0.6 is 0 Å². The average Bonchev–Trinajstić information content (AvgIpc) is 2.70. The van der Waals surface area contributed by atoms with Crippen molar-refractivity contribution in [2.75, 3.05) is 6.54 Å². The molecule has 2 rings (SSSR count). The van der Waals surface area contributed by atoms with Gasteiger partial charge in [0.15, 0.2) is 0 Å². The quantitative estimate of drug-likeness (QED) is 0.828. The highest BCUT2D eigenvalue weighted by atomic mass is 16.4. The van der Waals surface area contributed by atoms with Crippen molar-refractivity contribution < 1.29 is 19.5 Å². The number of hydrogen-bond donors (Lipinski definition) is 1. The van der Waals surface area contributed by atoms with E-state index in [1.807, 2.05) is 34.6 Å². The van der Waals surface area contributed by atoms with E-state index in [0.29, 0.717) is 17.5 Å². The Balaban J connectivity index is 2.34. The summed E-state index contributed by atoms with van der Waals surface area (Å²) < 4.78 is 0. The number of hydrogen-bond acceptors (Lipinski definition) is 3. The van der Waals surface area contributed by atoms with Crippen LogP contribution in [0.15, 0.2) is 24.3 Å². The minimum absolute atomic E-state index is 0.0636. The molecule has 136 valence electrons. The third-order valence-corrected chi connectivity index (χ3v) is 4.31. The summed E-state index contributed by atoms with van der Waals surface area (Å²) in [5, 5.41) is 9.71. The molecule has 0 unspecified atom stereocenters. The van der Waals surface area contributed by atoms with Gasteiger partial charge in [-0.2, -0.15) is 0 Å². The lowest BCUT2D eigenvalue weighted by atomic mass is 9.96. The predicted octanol–water partition coefficient (Wildman–Crippen LogP) is 3.48. The summed E-state index contributed by atoms with van der Waals surface area (Å²) in [4.78, 5) is 39.6. The van der Waals surface area contributed by atoms with E-state index in [4.69, 9.17) is 0 Å². The molecule has 1 aliphatic heterocycles. The molecule has 1 N–H and O–H groups in total. The van der Waals surface area contributed by atoms with Crippen molar-refractivity contribution in [1.82, 2.24) is 9.80 Å². The molecule has 0 aliphatic carbocycles. The third-order valence-electron chi connectivity index (χ3n) is 4.31. The van der Waals surface area contributed by atoms with E-state index in [0.717, 1.165) is 0 Å². The van der Waals surface area contributed by atoms with Crippen LogP contribution in [0.4, 0.5) is 4.79 Å². The standard InChI is InChI=1S/C19H26N2O4/c1-12(2)10-13(21(18(24)25)19(3,4)5)11-20-16(22)14-8-6-7-9-15(14)17(20)23/h6-9,12-13H,10-11H2,1-5H3,(H,24,25)/t13-/m0/s1. The molecule has 0 saturated heterocycles.